The first kappa shape index (κ1) is 10.3. The van der Waals surface area contributed by atoms with Crippen LogP contribution in [0.4, 0.5) is 0 Å². The number of ketones is 1. The van der Waals surface area contributed by atoms with Crippen molar-refractivity contribution in [2.24, 2.45) is 5.92 Å². The van der Waals surface area contributed by atoms with Gasteiger partial charge in [0.2, 0.25) is 0 Å². The van der Waals surface area contributed by atoms with E-state index in [0.717, 1.165) is 18.6 Å². The van der Waals surface area contributed by atoms with E-state index in [1.807, 2.05) is 0 Å². The molecule has 1 aliphatic rings. The average molecular weight is 182 g/mol. The first-order valence-corrected chi connectivity index (χ1v) is 5.06. The number of methoxy groups -OCH3 is 1. The summed E-state index contributed by atoms with van der Waals surface area (Å²) in [7, 11) is 1.66. The van der Waals surface area contributed by atoms with Crippen LogP contribution in [0.15, 0.2) is 11.8 Å². The molecule has 0 spiro atoms. The maximum absolute atomic E-state index is 11.1. The van der Waals surface area contributed by atoms with Gasteiger partial charge in [-0.05, 0) is 12.8 Å². The summed E-state index contributed by atoms with van der Waals surface area (Å²) in [5.74, 6) is 1.59. The molecule has 0 N–H and O–H groups in total. The standard InChI is InChI=1S/C11H18O2/c1-3-4-5-9-6-7-10(12)8-11(9)13-2/h8-9H,3-7H2,1-2H3. The fourth-order valence-electron chi connectivity index (χ4n) is 1.77. The Balaban J connectivity index is 2.53. The molecule has 1 aliphatic carbocycles. The van der Waals surface area contributed by atoms with Crippen LogP contribution < -0.4 is 0 Å². The Morgan fingerprint density at radius 1 is 1.62 bits per heavy atom. The van der Waals surface area contributed by atoms with Gasteiger partial charge in [-0.3, -0.25) is 4.79 Å². The van der Waals surface area contributed by atoms with E-state index in [4.69, 9.17) is 4.74 Å². The molecule has 0 fully saturated rings. The molecule has 0 aromatic heterocycles. The quantitative estimate of drug-likeness (QED) is 0.668. The van der Waals surface area contributed by atoms with Crippen LogP contribution >= 0.6 is 0 Å². The van der Waals surface area contributed by atoms with Crippen molar-refractivity contribution in [3.8, 4) is 0 Å². The van der Waals surface area contributed by atoms with Gasteiger partial charge in [-0.2, -0.15) is 0 Å². The molecule has 0 aromatic rings. The Hall–Kier alpha value is -0.790. The van der Waals surface area contributed by atoms with Crippen LogP contribution in [0.3, 0.4) is 0 Å². The summed E-state index contributed by atoms with van der Waals surface area (Å²) < 4.78 is 5.21. The van der Waals surface area contributed by atoms with Gasteiger partial charge in [0.15, 0.2) is 5.78 Å². The molecule has 0 radical (unpaired) electrons. The number of allylic oxidation sites excluding steroid dienone is 2. The molecule has 2 nitrogen and oxygen atoms in total. The van der Waals surface area contributed by atoms with E-state index in [9.17, 15) is 4.79 Å². The third-order valence-electron chi connectivity index (χ3n) is 2.59. The highest BCUT2D eigenvalue weighted by molar-refractivity contribution is 5.90. The Kier molecular flexibility index (Phi) is 4.00. The third-order valence-corrected chi connectivity index (χ3v) is 2.59. The lowest BCUT2D eigenvalue weighted by molar-refractivity contribution is -0.115. The van der Waals surface area contributed by atoms with Crippen LogP contribution in [0.5, 0.6) is 0 Å². The number of hydrogen-bond donors (Lipinski definition) is 0. The second kappa shape index (κ2) is 5.05. The molecule has 0 aliphatic heterocycles. The number of carbonyl (C=O) groups is 1. The van der Waals surface area contributed by atoms with Gasteiger partial charge in [-0.15, -0.1) is 0 Å². The highest BCUT2D eigenvalue weighted by atomic mass is 16.5. The van der Waals surface area contributed by atoms with Crippen LogP contribution in [0, 0.1) is 5.92 Å². The van der Waals surface area contributed by atoms with E-state index in [1.165, 1.54) is 12.8 Å². The predicted octanol–water partition coefficient (Wildman–Crippen LogP) is 2.69. The molecule has 0 heterocycles. The molecule has 74 valence electrons. The second-order valence-corrected chi connectivity index (χ2v) is 3.59. The van der Waals surface area contributed by atoms with Gasteiger partial charge in [-0.25, -0.2) is 0 Å². The van der Waals surface area contributed by atoms with Crippen molar-refractivity contribution < 1.29 is 9.53 Å². The number of hydrogen-bond acceptors (Lipinski definition) is 2. The first-order chi connectivity index (χ1) is 6.27. The molecule has 0 saturated heterocycles. The van der Waals surface area contributed by atoms with E-state index in [2.05, 4.69) is 6.92 Å². The van der Waals surface area contributed by atoms with Crippen LogP contribution in [0.1, 0.15) is 39.0 Å². The summed E-state index contributed by atoms with van der Waals surface area (Å²) >= 11 is 0. The molecule has 13 heavy (non-hydrogen) atoms. The lowest BCUT2D eigenvalue weighted by atomic mass is 9.89. The minimum atomic E-state index is 0.213. The highest BCUT2D eigenvalue weighted by Crippen LogP contribution is 2.27. The SMILES string of the molecule is CCCCC1CCC(=O)C=C1OC. The Morgan fingerprint density at radius 2 is 2.38 bits per heavy atom. The van der Waals surface area contributed by atoms with Crippen molar-refractivity contribution in [2.75, 3.05) is 7.11 Å². The fraction of sp³-hybridized carbons (Fsp3) is 0.727. The van der Waals surface area contributed by atoms with Crippen LogP contribution in [-0.2, 0) is 9.53 Å². The Morgan fingerprint density at radius 3 is 3.00 bits per heavy atom. The normalized spacial score (nSPS) is 22.8. The molecule has 0 saturated carbocycles. The number of carbonyl (C=O) groups excluding carboxylic acids is 1. The van der Waals surface area contributed by atoms with Gasteiger partial charge in [0.05, 0.1) is 7.11 Å². The van der Waals surface area contributed by atoms with Crippen molar-refractivity contribution in [1.82, 2.24) is 0 Å². The van der Waals surface area contributed by atoms with E-state index >= 15 is 0 Å². The van der Waals surface area contributed by atoms with E-state index in [0.29, 0.717) is 12.3 Å². The van der Waals surface area contributed by atoms with Crippen molar-refractivity contribution in [2.45, 2.75) is 39.0 Å². The van der Waals surface area contributed by atoms with Crippen molar-refractivity contribution in [1.29, 1.82) is 0 Å². The van der Waals surface area contributed by atoms with Gasteiger partial charge < -0.3 is 4.74 Å². The zero-order valence-corrected chi connectivity index (χ0v) is 8.51. The predicted molar refractivity (Wildman–Crippen MR) is 52.3 cm³/mol. The zero-order chi connectivity index (χ0) is 9.68. The summed E-state index contributed by atoms with van der Waals surface area (Å²) in [5, 5.41) is 0. The smallest absolute Gasteiger partial charge is 0.159 e. The van der Waals surface area contributed by atoms with E-state index in [1.54, 1.807) is 13.2 Å². The van der Waals surface area contributed by atoms with Crippen molar-refractivity contribution in [3.05, 3.63) is 11.8 Å². The van der Waals surface area contributed by atoms with Crippen LogP contribution in [0.25, 0.3) is 0 Å². The highest BCUT2D eigenvalue weighted by Gasteiger charge is 2.21. The Bertz CT molecular complexity index is 206. The third kappa shape index (κ3) is 2.87. The van der Waals surface area contributed by atoms with E-state index in [-0.39, 0.29) is 5.78 Å². The maximum atomic E-state index is 11.1. The summed E-state index contributed by atoms with van der Waals surface area (Å²) in [5.41, 5.74) is 0. The topological polar surface area (TPSA) is 26.3 Å². The molecule has 1 atom stereocenters. The lowest BCUT2D eigenvalue weighted by Crippen LogP contribution is -2.15. The molecule has 1 rings (SSSR count). The van der Waals surface area contributed by atoms with Crippen LogP contribution in [-0.4, -0.2) is 12.9 Å². The summed E-state index contributed by atoms with van der Waals surface area (Å²) in [4.78, 5) is 11.1. The maximum Gasteiger partial charge on any atom is 0.159 e. The van der Waals surface area contributed by atoms with Gasteiger partial charge in [0.25, 0.3) is 0 Å². The molecule has 1 unspecified atom stereocenters. The van der Waals surface area contributed by atoms with Crippen molar-refractivity contribution in [3.63, 3.8) is 0 Å². The molecule has 0 bridgehead atoms. The minimum absolute atomic E-state index is 0.213. The van der Waals surface area contributed by atoms with Gasteiger partial charge in [-0.1, -0.05) is 19.8 Å². The van der Waals surface area contributed by atoms with Gasteiger partial charge >= 0.3 is 0 Å². The molecular weight excluding hydrogens is 164 g/mol. The summed E-state index contributed by atoms with van der Waals surface area (Å²) in [6.45, 7) is 2.18. The molecule has 0 aromatic carbocycles. The number of unbranched alkanes of at least 4 members (excludes halogenated alkanes) is 1. The fourth-order valence-corrected chi connectivity index (χ4v) is 1.77. The summed E-state index contributed by atoms with van der Waals surface area (Å²) in [6.07, 6.45) is 6.92. The lowest BCUT2D eigenvalue weighted by Gasteiger charge is -2.22. The first-order valence-electron chi connectivity index (χ1n) is 5.06. The minimum Gasteiger partial charge on any atom is -0.501 e. The largest absolute Gasteiger partial charge is 0.501 e. The van der Waals surface area contributed by atoms with E-state index < -0.39 is 0 Å². The van der Waals surface area contributed by atoms with Crippen LogP contribution in [0.2, 0.25) is 0 Å². The molecule has 2 heteroatoms. The second-order valence-electron chi connectivity index (χ2n) is 3.59. The number of ether oxygens (including phenoxy) is 1. The monoisotopic (exact) mass is 182 g/mol. The van der Waals surface area contributed by atoms with Crippen molar-refractivity contribution >= 4 is 5.78 Å². The zero-order valence-electron chi connectivity index (χ0n) is 8.51. The number of rotatable bonds is 4. The molecule has 0 amide bonds. The van der Waals surface area contributed by atoms with Gasteiger partial charge in [0.1, 0.15) is 5.76 Å². The van der Waals surface area contributed by atoms with Gasteiger partial charge in [0, 0.05) is 18.4 Å². The Labute approximate surface area is 80.0 Å². The summed E-state index contributed by atoms with van der Waals surface area (Å²) in [6, 6.07) is 0. The average Bonchev–Trinajstić information content (AvgIpc) is 2.16. The molecular formula is C11H18O2.